The number of aliphatic hydroxyl groups excluding tert-OH is 1. The first-order valence-corrected chi connectivity index (χ1v) is 9.91. The molecule has 5 nitrogen and oxygen atoms in total. The van der Waals surface area contributed by atoms with Crippen molar-refractivity contribution in [1.82, 2.24) is 0 Å². The summed E-state index contributed by atoms with van der Waals surface area (Å²) in [5.41, 5.74) is 0.242. The number of quaternary nitrogens is 1. The molecule has 0 aliphatic heterocycles. The normalized spacial score (nSPS) is 13.0. The Labute approximate surface area is 158 Å². The Kier molecular flexibility index (Phi) is 6.71. The molecule has 1 unspecified atom stereocenters. The maximum absolute atomic E-state index is 13.1. The van der Waals surface area contributed by atoms with E-state index < -0.39 is 16.1 Å². The van der Waals surface area contributed by atoms with Gasteiger partial charge in [-0.3, -0.25) is 4.31 Å². The molecule has 2 aromatic rings. The number of likely N-dealkylation sites (N-methyl/N-ethyl adjacent to an activating group) is 1. The number of aliphatic hydroxyl groups is 1. The highest BCUT2D eigenvalue weighted by molar-refractivity contribution is 7.92. The molecule has 0 aliphatic rings. The van der Waals surface area contributed by atoms with Crippen LogP contribution in [0.15, 0.2) is 53.4 Å². The maximum atomic E-state index is 13.1. The van der Waals surface area contributed by atoms with Gasteiger partial charge in [0.2, 0.25) is 0 Å². The van der Waals surface area contributed by atoms with Crippen LogP contribution in [0.1, 0.15) is 0 Å². The van der Waals surface area contributed by atoms with E-state index in [0.717, 1.165) is 9.21 Å². The smallest absolute Gasteiger partial charge is 0.264 e. The fourth-order valence-electron chi connectivity index (χ4n) is 2.45. The van der Waals surface area contributed by atoms with Gasteiger partial charge in [-0.15, -0.1) is 0 Å². The largest absolute Gasteiger partial charge is 0.385 e. The van der Waals surface area contributed by atoms with Crippen molar-refractivity contribution < 1.29 is 18.4 Å². The van der Waals surface area contributed by atoms with Gasteiger partial charge in [-0.1, -0.05) is 41.4 Å². The predicted molar refractivity (Wildman–Crippen MR) is 101 cm³/mol. The van der Waals surface area contributed by atoms with Crippen LogP contribution < -0.4 is 9.21 Å². The summed E-state index contributed by atoms with van der Waals surface area (Å²) in [4.78, 5) is 1.12. The van der Waals surface area contributed by atoms with Crippen molar-refractivity contribution in [2.24, 2.45) is 0 Å². The van der Waals surface area contributed by atoms with Crippen LogP contribution in [-0.2, 0) is 10.0 Å². The van der Waals surface area contributed by atoms with E-state index in [1.807, 2.05) is 14.1 Å². The molecule has 2 rings (SSSR count). The molecule has 2 aromatic carbocycles. The molecule has 0 spiro atoms. The SMILES string of the molecule is C[NH+](C)CC(O)CN(c1cc(Cl)ccc1Cl)S(=O)(=O)c1ccccc1. The number of rotatable bonds is 7. The number of nitrogens with one attached hydrogen (secondary N) is 1. The molecule has 0 heterocycles. The molecule has 0 amide bonds. The summed E-state index contributed by atoms with van der Waals surface area (Å²) >= 11 is 12.3. The molecule has 0 saturated carbocycles. The second-order valence-electron chi connectivity index (χ2n) is 6.01. The van der Waals surface area contributed by atoms with E-state index >= 15 is 0 Å². The average molecular weight is 404 g/mol. The quantitative estimate of drug-likeness (QED) is 0.739. The molecule has 0 radical (unpaired) electrons. The van der Waals surface area contributed by atoms with Crippen LogP contribution in [0, 0.1) is 0 Å². The summed E-state index contributed by atoms with van der Waals surface area (Å²) in [6.07, 6.45) is -0.862. The molecule has 1 atom stereocenters. The van der Waals surface area contributed by atoms with E-state index in [2.05, 4.69) is 0 Å². The lowest BCUT2D eigenvalue weighted by molar-refractivity contribution is -0.861. The summed E-state index contributed by atoms with van der Waals surface area (Å²) < 4.78 is 27.4. The van der Waals surface area contributed by atoms with Crippen molar-refractivity contribution in [1.29, 1.82) is 0 Å². The second kappa shape index (κ2) is 8.38. The first-order chi connectivity index (χ1) is 11.7. The highest BCUT2D eigenvalue weighted by Gasteiger charge is 2.29. The van der Waals surface area contributed by atoms with Gasteiger partial charge in [0.15, 0.2) is 0 Å². The van der Waals surface area contributed by atoms with Gasteiger partial charge >= 0.3 is 0 Å². The van der Waals surface area contributed by atoms with Crippen LogP contribution in [0.5, 0.6) is 0 Å². The first kappa shape index (κ1) is 20.0. The van der Waals surface area contributed by atoms with Crippen LogP contribution >= 0.6 is 23.2 Å². The van der Waals surface area contributed by atoms with Crippen LogP contribution in [0.2, 0.25) is 10.0 Å². The van der Waals surface area contributed by atoms with Crippen LogP contribution in [0.25, 0.3) is 0 Å². The van der Waals surface area contributed by atoms with Gasteiger partial charge in [0, 0.05) is 5.02 Å². The molecular weight excluding hydrogens is 383 g/mol. The van der Waals surface area contributed by atoms with Gasteiger partial charge in [-0.25, -0.2) is 8.42 Å². The maximum Gasteiger partial charge on any atom is 0.264 e. The highest BCUT2D eigenvalue weighted by Crippen LogP contribution is 2.33. The van der Waals surface area contributed by atoms with Crippen molar-refractivity contribution in [2.45, 2.75) is 11.0 Å². The molecule has 0 bridgehead atoms. The van der Waals surface area contributed by atoms with Gasteiger partial charge < -0.3 is 10.0 Å². The minimum Gasteiger partial charge on any atom is -0.385 e. The summed E-state index contributed by atoms with van der Waals surface area (Å²) in [6, 6.07) is 12.6. The Morgan fingerprint density at radius 3 is 2.36 bits per heavy atom. The third-order valence-electron chi connectivity index (χ3n) is 3.53. The van der Waals surface area contributed by atoms with Crippen molar-refractivity contribution in [2.75, 3.05) is 31.5 Å². The Hall–Kier alpha value is -1.31. The molecule has 25 heavy (non-hydrogen) atoms. The van der Waals surface area contributed by atoms with Crippen molar-refractivity contribution in [3.05, 3.63) is 58.6 Å². The average Bonchev–Trinajstić information content (AvgIpc) is 2.55. The van der Waals surface area contributed by atoms with Gasteiger partial charge in [0.05, 0.1) is 36.2 Å². The van der Waals surface area contributed by atoms with E-state index in [0.29, 0.717) is 11.6 Å². The zero-order valence-electron chi connectivity index (χ0n) is 14.0. The first-order valence-electron chi connectivity index (χ1n) is 7.71. The molecule has 0 fully saturated rings. The summed E-state index contributed by atoms with van der Waals surface area (Å²) in [6.45, 7) is 0.265. The minimum atomic E-state index is -3.90. The predicted octanol–water partition coefficient (Wildman–Crippen LogP) is 1.69. The van der Waals surface area contributed by atoms with Crippen molar-refractivity contribution in [3.8, 4) is 0 Å². The molecule has 0 aliphatic carbocycles. The van der Waals surface area contributed by atoms with E-state index in [1.54, 1.807) is 24.3 Å². The number of hydrogen-bond donors (Lipinski definition) is 2. The Morgan fingerprint density at radius 1 is 1.12 bits per heavy atom. The molecule has 0 aromatic heterocycles. The van der Waals surface area contributed by atoms with Gasteiger partial charge in [-0.05, 0) is 30.3 Å². The lowest BCUT2D eigenvalue weighted by atomic mass is 10.3. The monoisotopic (exact) mass is 403 g/mol. The van der Waals surface area contributed by atoms with E-state index in [9.17, 15) is 13.5 Å². The molecule has 2 N–H and O–H groups in total. The Morgan fingerprint density at radius 2 is 1.76 bits per heavy atom. The van der Waals surface area contributed by atoms with Gasteiger partial charge in [-0.2, -0.15) is 0 Å². The third kappa shape index (κ3) is 5.09. The van der Waals surface area contributed by atoms with Crippen LogP contribution in [-0.4, -0.2) is 46.8 Å². The number of anilines is 1. The number of sulfonamides is 1. The number of benzene rings is 2. The minimum absolute atomic E-state index is 0.121. The zero-order valence-corrected chi connectivity index (χ0v) is 16.3. The lowest BCUT2D eigenvalue weighted by Gasteiger charge is -2.28. The zero-order chi connectivity index (χ0) is 18.6. The van der Waals surface area contributed by atoms with E-state index in [1.165, 1.54) is 24.3 Å². The lowest BCUT2D eigenvalue weighted by Crippen LogP contribution is -3.07. The Balaban J connectivity index is 2.51. The van der Waals surface area contributed by atoms with Crippen LogP contribution in [0.3, 0.4) is 0 Å². The van der Waals surface area contributed by atoms with E-state index in [-0.39, 0.29) is 22.2 Å². The van der Waals surface area contributed by atoms with Gasteiger partial charge in [0.1, 0.15) is 12.6 Å². The molecular formula is C17H21Cl2N2O3S+. The standard InChI is InChI=1S/C17H20Cl2N2O3S/c1-20(2)11-14(22)12-21(17-10-13(18)8-9-16(17)19)25(23,24)15-6-4-3-5-7-15/h3-10,14,22H,11-12H2,1-2H3/p+1. The third-order valence-corrected chi connectivity index (χ3v) is 5.88. The summed E-state index contributed by atoms with van der Waals surface area (Å²) in [5.74, 6) is 0. The molecule has 8 heteroatoms. The molecule has 0 saturated heterocycles. The number of nitrogens with zero attached hydrogens (tertiary/aromatic N) is 1. The van der Waals surface area contributed by atoms with Crippen molar-refractivity contribution >= 4 is 38.9 Å². The molecule has 136 valence electrons. The van der Waals surface area contributed by atoms with Crippen molar-refractivity contribution in [3.63, 3.8) is 0 Å². The van der Waals surface area contributed by atoms with Crippen LogP contribution in [0.4, 0.5) is 5.69 Å². The van der Waals surface area contributed by atoms with Gasteiger partial charge in [0.25, 0.3) is 10.0 Å². The topological polar surface area (TPSA) is 62.1 Å². The summed E-state index contributed by atoms with van der Waals surface area (Å²) in [7, 11) is -0.142. The van der Waals surface area contributed by atoms with E-state index in [4.69, 9.17) is 23.2 Å². The fourth-order valence-corrected chi connectivity index (χ4v) is 4.42. The second-order valence-corrected chi connectivity index (χ2v) is 8.72. The summed E-state index contributed by atoms with van der Waals surface area (Å²) in [5, 5.41) is 10.9. The highest BCUT2D eigenvalue weighted by atomic mass is 35.5. The number of hydrogen-bond acceptors (Lipinski definition) is 3. The fraction of sp³-hybridized carbons (Fsp3) is 0.294. The number of halogens is 2. The Bertz CT molecular complexity index is 814.